The molecule has 0 bridgehead atoms. The van der Waals surface area contributed by atoms with E-state index in [1.54, 1.807) is 13.8 Å². The van der Waals surface area contributed by atoms with Crippen LogP contribution >= 0.6 is 0 Å². The summed E-state index contributed by atoms with van der Waals surface area (Å²) in [5.41, 5.74) is 6.00. The minimum absolute atomic E-state index is 0.303. The number of aromatic nitrogens is 1. The Kier molecular flexibility index (Phi) is 2.26. The molecule has 3 N–H and O–H groups in total. The maximum atomic E-state index is 9.16. The van der Waals surface area contributed by atoms with Gasteiger partial charge in [-0.2, -0.15) is 0 Å². The molecule has 0 saturated heterocycles. The first-order valence-corrected chi connectivity index (χ1v) is 3.49. The molecule has 0 fully saturated rings. The average Bonchev–Trinajstić information content (AvgIpc) is 2.30. The molecular weight excluding hydrogens is 144 g/mol. The lowest BCUT2D eigenvalue weighted by molar-refractivity contribution is 0.166. The van der Waals surface area contributed by atoms with Gasteiger partial charge in [0.25, 0.3) is 0 Å². The zero-order chi connectivity index (χ0) is 8.43. The normalized spacial score (nSPS) is 13.5. The molecule has 4 heteroatoms. The van der Waals surface area contributed by atoms with Gasteiger partial charge in [-0.05, 0) is 6.92 Å². The van der Waals surface area contributed by atoms with Gasteiger partial charge in [0, 0.05) is 13.5 Å². The summed E-state index contributed by atoms with van der Waals surface area (Å²) in [6.07, 6.45) is -0.630. The van der Waals surface area contributed by atoms with Crippen LogP contribution in [0.5, 0.6) is 0 Å². The Balaban J connectivity index is 3.02. The van der Waals surface area contributed by atoms with Gasteiger partial charge < -0.3 is 15.3 Å². The monoisotopic (exact) mass is 156 g/mol. The van der Waals surface area contributed by atoms with Crippen LogP contribution < -0.4 is 5.73 Å². The highest BCUT2D eigenvalue weighted by molar-refractivity contribution is 5.11. The Hall–Kier alpha value is -0.870. The molecule has 1 unspecified atom stereocenters. The highest BCUT2D eigenvalue weighted by Gasteiger charge is 2.13. The van der Waals surface area contributed by atoms with Crippen molar-refractivity contribution in [3.05, 3.63) is 17.3 Å². The third-order valence-corrected chi connectivity index (χ3v) is 1.41. The predicted octanol–water partition coefficient (Wildman–Crippen LogP) is 0.495. The molecule has 1 aromatic rings. The van der Waals surface area contributed by atoms with Crippen LogP contribution in [0.3, 0.4) is 0 Å². The molecule has 0 aliphatic rings. The van der Waals surface area contributed by atoms with Crippen molar-refractivity contribution in [2.75, 3.05) is 0 Å². The van der Waals surface area contributed by atoms with Crippen molar-refractivity contribution in [3.8, 4) is 0 Å². The van der Waals surface area contributed by atoms with Gasteiger partial charge in [0.2, 0.25) is 0 Å². The van der Waals surface area contributed by atoms with Gasteiger partial charge in [-0.15, -0.1) is 0 Å². The van der Waals surface area contributed by atoms with Crippen molar-refractivity contribution in [1.82, 2.24) is 4.98 Å². The van der Waals surface area contributed by atoms with E-state index in [4.69, 9.17) is 15.3 Å². The SMILES string of the molecule is Cc1nc(CN)c(C(C)O)o1. The Morgan fingerprint density at radius 3 is 2.73 bits per heavy atom. The Morgan fingerprint density at radius 1 is 1.73 bits per heavy atom. The molecule has 0 aliphatic carbocycles. The highest BCUT2D eigenvalue weighted by Crippen LogP contribution is 2.17. The Bertz CT molecular complexity index is 243. The topological polar surface area (TPSA) is 72.3 Å². The van der Waals surface area contributed by atoms with Crippen molar-refractivity contribution in [3.63, 3.8) is 0 Å². The molecule has 62 valence electrons. The highest BCUT2D eigenvalue weighted by atomic mass is 16.4. The van der Waals surface area contributed by atoms with Gasteiger partial charge in [0.05, 0.1) is 5.69 Å². The molecule has 0 saturated carbocycles. The van der Waals surface area contributed by atoms with Gasteiger partial charge in [-0.25, -0.2) is 4.98 Å². The fourth-order valence-electron chi connectivity index (χ4n) is 0.959. The Labute approximate surface area is 65.0 Å². The van der Waals surface area contributed by atoms with E-state index in [9.17, 15) is 0 Å². The molecule has 0 radical (unpaired) electrons. The fraction of sp³-hybridized carbons (Fsp3) is 0.571. The van der Waals surface area contributed by atoms with Crippen LogP contribution in [0.15, 0.2) is 4.42 Å². The minimum atomic E-state index is -0.630. The zero-order valence-corrected chi connectivity index (χ0v) is 6.66. The molecule has 0 spiro atoms. The standard InChI is InChI=1S/C7H12N2O2/c1-4(10)7-6(3-8)9-5(2)11-7/h4,10H,3,8H2,1-2H3. The molecule has 11 heavy (non-hydrogen) atoms. The molecule has 0 amide bonds. The first-order chi connectivity index (χ1) is 5.15. The summed E-state index contributed by atoms with van der Waals surface area (Å²) in [4.78, 5) is 4.00. The maximum absolute atomic E-state index is 9.16. The van der Waals surface area contributed by atoms with E-state index in [0.717, 1.165) is 0 Å². The van der Waals surface area contributed by atoms with E-state index in [1.807, 2.05) is 0 Å². The first kappa shape index (κ1) is 8.23. The Morgan fingerprint density at radius 2 is 2.36 bits per heavy atom. The lowest BCUT2D eigenvalue weighted by Crippen LogP contribution is -2.02. The van der Waals surface area contributed by atoms with E-state index in [-0.39, 0.29) is 0 Å². The third-order valence-electron chi connectivity index (χ3n) is 1.41. The van der Waals surface area contributed by atoms with Crippen molar-refractivity contribution >= 4 is 0 Å². The van der Waals surface area contributed by atoms with Gasteiger partial charge in [-0.3, -0.25) is 0 Å². The molecule has 1 rings (SSSR count). The number of hydrogen-bond donors (Lipinski definition) is 2. The number of hydrogen-bond acceptors (Lipinski definition) is 4. The summed E-state index contributed by atoms with van der Waals surface area (Å²) in [5.74, 6) is 1.02. The summed E-state index contributed by atoms with van der Waals surface area (Å²) >= 11 is 0. The number of rotatable bonds is 2. The lowest BCUT2D eigenvalue weighted by atomic mass is 10.2. The van der Waals surface area contributed by atoms with Crippen molar-refractivity contribution < 1.29 is 9.52 Å². The van der Waals surface area contributed by atoms with Gasteiger partial charge >= 0.3 is 0 Å². The second kappa shape index (κ2) is 3.02. The largest absolute Gasteiger partial charge is 0.443 e. The number of aliphatic hydroxyl groups is 1. The molecule has 0 aromatic carbocycles. The molecule has 1 atom stereocenters. The van der Waals surface area contributed by atoms with Gasteiger partial charge in [0.1, 0.15) is 6.10 Å². The van der Waals surface area contributed by atoms with Crippen molar-refractivity contribution in [2.24, 2.45) is 5.73 Å². The first-order valence-electron chi connectivity index (χ1n) is 3.49. The number of aliphatic hydroxyl groups excluding tert-OH is 1. The molecule has 1 heterocycles. The summed E-state index contributed by atoms with van der Waals surface area (Å²) < 4.78 is 5.13. The third kappa shape index (κ3) is 1.58. The van der Waals surface area contributed by atoms with Gasteiger partial charge in [-0.1, -0.05) is 0 Å². The van der Waals surface area contributed by atoms with Crippen LogP contribution in [-0.2, 0) is 6.54 Å². The summed E-state index contributed by atoms with van der Waals surface area (Å²) in [6, 6.07) is 0. The molecule has 0 aliphatic heterocycles. The lowest BCUT2D eigenvalue weighted by Gasteiger charge is -1.99. The quantitative estimate of drug-likeness (QED) is 0.653. The minimum Gasteiger partial charge on any atom is -0.443 e. The van der Waals surface area contributed by atoms with E-state index in [2.05, 4.69) is 4.98 Å². The van der Waals surface area contributed by atoms with Gasteiger partial charge in [0.15, 0.2) is 11.7 Å². The van der Waals surface area contributed by atoms with Crippen LogP contribution in [0, 0.1) is 6.92 Å². The molecule has 4 nitrogen and oxygen atoms in total. The number of nitrogens with two attached hydrogens (primary N) is 1. The summed E-state index contributed by atoms with van der Waals surface area (Å²) in [6.45, 7) is 3.65. The zero-order valence-electron chi connectivity index (χ0n) is 6.66. The van der Waals surface area contributed by atoms with Crippen LogP contribution in [0.4, 0.5) is 0 Å². The van der Waals surface area contributed by atoms with Crippen molar-refractivity contribution in [2.45, 2.75) is 26.5 Å². The van der Waals surface area contributed by atoms with E-state index < -0.39 is 6.10 Å². The number of aryl methyl sites for hydroxylation is 1. The number of nitrogens with zero attached hydrogens (tertiary/aromatic N) is 1. The average molecular weight is 156 g/mol. The van der Waals surface area contributed by atoms with Crippen LogP contribution in [0.1, 0.15) is 30.4 Å². The van der Waals surface area contributed by atoms with Crippen LogP contribution in [0.25, 0.3) is 0 Å². The van der Waals surface area contributed by atoms with Crippen LogP contribution in [-0.4, -0.2) is 10.1 Å². The van der Waals surface area contributed by atoms with Crippen molar-refractivity contribution in [1.29, 1.82) is 0 Å². The molecule has 1 aromatic heterocycles. The maximum Gasteiger partial charge on any atom is 0.191 e. The van der Waals surface area contributed by atoms with E-state index in [1.165, 1.54) is 0 Å². The molecular formula is C7H12N2O2. The van der Waals surface area contributed by atoms with E-state index >= 15 is 0 Å². The predicted molar refractivity (Wildman–Crippen MR) is 39.8 cm³/mol. The van der Waals surface area contributed by atoms with Crippen LogP contribution in [0.2, 0.25) is 0 Å². The number of oxazole rings is 1. The summed E-state index contributed by atoms with van der Waals surface area (Å²) in [7, 11) is 0. The second-order valence-electron chi connectivity index (χ2n) is 2.42. The smallest absolute Gasteiger partial charge is 0.191 e. The fourth-order valence-corrected chi connectivity index (χ4v) is 0.959. The van der Waals surface area contributed by atoms with E-state index in [0.29, 0.717) is 23.9 Å². The summed E-state index contributed by atoms with van der Waals surface area (Å²) in [5, 5.41) is 9.16. The second-order valence-corrected chi connectivity index (χ2v) is 2.42.